The van der Waals surface area contributed by atoms with Crippen LogP contribution >= 0.6 is 0 Å². The number of carbonyl (C=O) groups is 1. The monoisotopic (exact) mass is 272 g/mol. The van der Waals surface area contributed by atoms with E-state index in [0.717, 1.165) is 0 Å². The van der Waals surface area contributed by atoms with Gasteiger partial charge in [0.1, 0.15) is 12.2 Å². The molecule has 0 aromatic heterocycles. The van der Waals surface area contributed by atoms with Crippen LogP contribution in [0.1, 0.15) is 20.3 Å². The SMILES string of the molecule is C=CC[C@]1(C(=O)OC)O[C@H](OC)[C@H]2OC(C)(C)O[C@H]21. The molecule has 0 spiro atoms. The smallest absolute Gasteiger partial charge is 0.341 e. The standard InChI is InChI=1S/C13H20O6/c1-6-7-13(11(14)16-5)9-8(10(15-4)19-13)17-12(2,3)18-9/h6,8-10H,1,7H2,2-5H3/t8-,9+,10-,13-/m0/s1. The van der Waals surface area contributed by atoms with E-state index in [4.69, 9.17) is 23.7 Å². The van der Waals surface area contributed by atoms with Crippen LogP contribution in [0.15, 0.2) is 12.7 Å². The Balaban J connectivity index is 2.38. The third-order valence-corrected chi connectivity index (χ3v) is 3.39. The summed E-state index contributed by atoms with van der Waals surface area (Å²) in [6.07, 6.45) is 0.128. The van der Waals surface area contributed by atoms with Crippen molar-refractivity contribution in [1.82, 2.24) is 0 Å². The molecule has 6 nitrogen and oxygen atoms in total. The second kappa shape index (κ2) is 4.86. The molecule has 108 valence electrons. The summed E-state index contributed by atoms with van der Waals surface area (Å²) < 4.78 is 27.4. The minimum atomic E-state index is -1.27. The van der Waals surface area contributed by atoms with Crippen LogP contribution in [0.3, 0.4) is 0 Å². The van der Waals surface area contributed by atoms with Gasteiger partial charge >= 0.3 is 5.97 Å². The molecule has 0 radical (unpaired) electrons. The van der Waals surface area contributed by atoms with Gasteiger partial charge in [-0.1, -0.05) is 6.08 Å². The Hall–Kier alpha value is -0.950. The highest BCUT2D eigenvalue weighted by Gasteiger charge is 2.66. The fourth-order valence-corrected chi connectivity index (χ4v) is 2.67. The second-order valence-corrected chi connectivity index (χ2v) is 5.12. The van der Waals surface area contributed by atoms with Crippen LogP contribution in [0.2, 0.25) is 0 Å². The van der Waals surface area contributed by atoms with Gasteiger partial charge in [0.2, 0.25) is 5.60 Å². The fourth-order valence-electron chi connectivity index (χ4n) is 2.67. The minimum absolute atomic E-state index is 0.264. The number of esters is 1. The Morgan fingerprint density at radius 3 is 2.53 bits per heavy atom. The number of methoxy groups -OCH3 is 2. The third kappa shape index (κ3) is 2.18. The minimum Gasteiger partial charge on any atom is -0.467 e. The van der Waals surface area contributed by atoms with Gasteiger partial charge in [0.05, 0.1) is 7.11 Å². The van der Waals surface area contributed by atoms with Crippen molar-refractivity contribution in [3.05, 3.63) is 12.7 Å². The lowest BCUT2D eigenvalue weighted by Crippen LogP contribution is -2.50. The summed E-state index contributed by atoms with van der Waals surface area (Å²) in [7, 11) is 2.81. The molecule has 2 aliphatic heterocycles. The molecule has 0 aliphatic carbocycles. The van der Waals surface area contributed by atoms with Crippen molar-refractivity contribution in [2.75, 3.05) is 14.2 Å². The predicted octanol–water partition coefficient (Wildman–Crippen LogP) is 0.997. The highest BCUT2D eigenvalue weighted by Crippen LogP contribution is 2.46. The van der Waals surface area contributed by atoms with Crippen LogP contribution in [0.25, 0.3) is 0 Å². The molecule has 2 saturated heterocycles. The van der Waals surface area contributed by atoms with Crippen LogP contribution < -0.4 is 0 Å². The average molecular weight is 272 g/mol. The van der Waals surface area contributed by atoms with E-state index in [2.05, 4.69) is 6.58 Å². The van der Waals surface area contributed by atoms with Crippen LogP contribution in [0.5, 0.6) is 0 Å². The van der Waals surface area contributed by atoms with E-state index < -0.39 is 35.9 Å². The van der Waals surface area contributed by atoms with Crippen LogP contribution in [-0.2, 0) is 28.5 Å². The molecular weight excluding hydrogens is 252 g/mol. The van der Waals surface area contributed by atoms with E-state index >= 15 is 0 Å². The average Bonchev–Trinajstić information content (AvgIpc) is 2.82. The Labute approximate surface area is 112 Å². The summed E-state index contributed by atoms with van der Waals surface area (Å²) in [5.74, 6) is -1.31. The largest absolute Gasteiger partial charge is 0.467 e. The lowest BCUT2D eigenvalue weighted by Gasteiger charge is -2.31. The summed E-state index contributed by atoms with van der Waals surface area (Å²) in [5, 5.41) is 0. The van der Waals surface area contributed by atoms with Gasteiger partial charge in [-0.15, -0.1) is 6.58 Å². The molecule has 2 fully saturated rings. The molecule has 0 saturated carbocycles. The topological polar surface area (TPSA) is 63.2 Å². The zero-order valence-corrected chi connectivity index (χ0v) is 11.7. The molecule has 0 amide bonds. The van der Waals surface area contributed by atoms with E-state index in [-0.39, 0.29) is 6.42 Å². The van der Waals surface area contributed by atoms with Gasteiger partial charge in [-0.3, -0.25) is 0 Å². The molecule has 0 aromatic rings. The van der Waals surface area contributed by atoms with Gasteiger partial charge in [-0.2, -0.15) is 0 Å². The first-order valence-corrected chi connectivity index (χ1v) is 6.16. The normalized spacial score (nSPS) is 39.9. The van der Waals surface area contributed by atoms with E-state index in [9.17, 15) is 4.79 Å². The molecule has 4 atom stereocenters. The molecular formula is C13H20O6. The quantitative estimate of drug-likeness (QED) is 0.562. The first-order chi connectivity index (χ1) is 8.90. The number of hydrogen-bond donors (Lipinski definition) is 0. The second-order valence-electron chi connectivity index (χ2n) is 5.12. The summed E-state index contributed by atoms with van der Waals surface area (Å²) in [4.78, 5) is 12.2. The highest BCUT2D eigenvalue weighted by atomic mass is 16.8. The Kier molecular flexibility index (Phi) is 3.70. The number of ether oxygens (including phenoxy) is 5. The van der Waals surface area contributed by atoms with E-state index in [1.165, 1.54) is 14.2 Å². The maximum Gasteiger partial charge on any atom is 0.341 e. The van der Waals surface area contributed by atoms with Gasteiger partial charge in [-0.05, 0) is 13.8 Å². The number of rotatable bonds is 4. The lowest BCUT2D eigenvalue weighted by atomic mass is 9.91. The molecule has 2 heterocycles. The van der Waals surface area contributed by atoms with Gasteiger partial charge < -0.3 is 23.7 Å². The number of carbonyl (C=O) groups excluding carboxylic acids is 1. The first-order valence-electron chi connectivity index (χ1n) is 6.16. The van der Waals surface area contributed by atoms with Crippen molar-refractivity contribution < 1.29 is 28.5 Å². The maximum atomic E-state index is 12.2. The van der Waals surface area contributed by atoms with Crippen molar-refractivity contribution in [3.8, 4) is 0 Å². The molecule has 19 heavy (non-hydrogen) atoms. The van der Waals surface area contributed by atoms with Gasteiger partial charge in [0.15, 0.2) is 12.1 Å². The van der Waals surface area contributed by atoms with Gasteiger partial charge in [0.25, 0.3) is 0 Å². The summed E-state index contributed by atoms with van der Waals surface area (Å²) in [6.45, 7) is 7.23. The number of hydrogen-bond acceptors (Lipinski definition) is 6. The van der Waals surface area contributed by atoms with E-state index in [0.29, 0.717) is 0 Å². The molecule has 0 bridgehead atoms. The third-order valence-electron chi connectivity index (χ3n) is 3.39. The molecule has 2 rings (SSSR count). The fraction of sp³-hybridized carbons (Fsp3) is 0.769. The summed E-state index contributed by atoms with van der Waals surface area (Å²) >= 11 is 0. The van der Waals surface area contributed by atoms with Crippen LogP contribution in [0, 0.1) is 0 Å². The van der Waals surface area contributed by atoms with Gasteiger partial charge in [-0.25, -0.2) is 4.79 Å². The first kappa shape index (κ1) is 14.5. The summed E-state index contributed by atoms with van der Waals surface area (Å²) in [5.41, 5.74) is -1.27. The number of fused-ring (bicyclic) bond motifs is 1. The lowest BCUT2D eigenvalue weighted by molar-refractivity contribution is -0.251. The maximum absolute atomic E-state index is 12.2. The Morgan fingerprint density at radius 2 is 2.00 bits per heavy atom. The van der Waals surface area contributed by atoms with Crippen molar-refractivity contribution in [3.63, 3.8) is 0 Å². The Bertz CT molecular complexity index is 379. The van der Waals surface area contributed by atoms with Crippen molar-refractivity contribution in [2.24, 2.45) is 0 Å². The molecule has 0 unspecified atom stereocenters. The predicted molar refractivity (Wildman–Crippen MR) is 65.3 cm³/mol. The molecule has 0 aromatic carbocycles. The van der Waals surface area contributed by atoms with E-state index in [1.807, 2.05) is 0 Å². The molecule has 0 N–H and O–H groups in total. The van der Waals surface area contributed by atoms with Gasteiger partial charge in [0, 0.05) is 13.5 Å². The van der Waals surface area contributed by atoms with E-state index in [1.54, 1.807) is 19.9 Å². The van der Waals surface area contributed by atoms with Crippen LogP contribution in [0.4, 0.5) is 0 Å². The zero-order valence-electron chi connectivity index (χ0n) is 11.7. The van der Waals surface area contributed by atoms with Crippen molar-refractivity contribution in [2.45, 2.75) is 50.2 Å². The molecule has 2 aliphatic rings. The van der Waals surface area contributed by atoms with Crippen molar-refractivity contribution in [1.29, 1.82) is 0 Å². The zero-order chi connectivity index (χ0) is 14.3. The summed E-state index contributed by atoms with van der Waals surface area (Å²) in [6, 6.07) is 0. The Morgan fingerprint density at radius 1 is 1.32 bits per heavy atom. The van der Waals surface area contributed by atoms with Crippen molar-refractivity contribution >= 4 is 5.97 Å². The molecule has 6 heteroatoms. The van der Waals surface area contributed by atoms with Crippen LogP contribution in [-0.4, -0.2) is 50.1 Å². The highest BCUT2D eigenvalue weighted by molar-refractivity contribution is 5.81.